The van der Waals surface area contributed by atoms with E-state index in [0.717, 1.165) is 12.3 Å². The van der Waals surface area contributed by atoms with Gasteiger partial charge in [0, 0.05) is 0 Å². The molecule has 0 radical (unpaired) electrons. The summed E-state index contributed by atoms with van der Waals surface area (Å²) < 4.78 is 0. The molecule has 2 aliphatic rings. The third-order valence-electron chi connectivity index (χ3n) is 4.65. The predicted octanol–water partition coefficient (Wildman–Crippen LogP) is 5.60. The van der Waals surface area contributed by atoms with Crippen molar-refractivity contribution in [3.63, 3.8) is 0 Å². The van der Waals surface area contributed by atoms with Gasteiger partial charge < -0.3 is 0 Å². The van der Waals surface area contributed by atoms with E-state index in [0.29, 0.717) is 0 Å². The van der Waals surface area contributed by atoms with E-state index in [2.05, 4.69) is 30.3 Å². The van der Waals surface area contributed by atoms with E-state index in [9.17, 15) is 0 Å². The van der Waals surface area contributed by atoms with E-state index in [1.807, 2.05) is 0 Å². The fraction of sp³-hybridized carbons (Fsp3) is 0.556. The van der Waals surface area contributed by atoms with Gasteiger partial charge in [0.25, 0.3) is 0 Å². The minimum atomic E-state index is 0.274. The van der Waals surface area contributed by atoms with Crippen molar-refractivity contribution in [2.45, 2.75) is 62.7 Å². The molecule has 1 aromatic carbocycles. The van der Waals surface area contributed by atoms with E-state index >= 15 is 0 Å². The van der Waals surface area contributed by atoms with Gasteiger partial charge in [-0.2, -0.15) is 0 Å². The zero-order chi connectivity index (χ0) is 13.1. The molecule has 0 amide bonds. The first-order valence-corrected chi connectivity index (χ1v) is 8.18. The Balaban J connectivity index is 1.77. The molecule has 2 atom stereocenters. The standard InChI is InChI=1S/C18H23Cl/c19-17-10-3-1-6-14(13-17)12-16-9-5-8-15-7-2-4-11-18(15)16/h2,4,7,11,13,16-17H,1,3,5-6,8-10,12H2. The lowest BCUT2D eigenvalue weighted by atomic mass is 9.79. The highest BCUT2D eigenvalue weighted by atomic mass is 35.5. The fourth-order valence-corrected chi connectivity index (χ4v) is 4.00. The van der Waals surface area contributed by atoms with Gasteiger partial charge in [-0.25, -0.2) is 0 Å². The first-order valence-electron chi connectivity index (χ1n) is 7.74. The third-order valence-corrected chi connectivity index (χ3v) is 4.99. The van der Waals surface area contributed by atoms with E-state index < -0.39 is 0 Å². The molecular weight excluding hydrogens is 252 g/mol. The van der Waals surface area contributed by atoms with Crippen LogP contribution in [-0.4, -0.2) is 5.38 Å². The zero-order valence-corrected chi connectivity index (χ0v) is 12.3. The van der Waals surface area contributed by atoms with Crippen LogP contribution in [0.4, 0.5) is 0 Å². The second-order valence-electron chi connectivity index (χ2n) is 6.08. The van der Waals surface area contributed by atoms with Gasteiger partial charge in [-0.1, -0.05) is 42.3 Å². The Kier molecular flexibility index (Phi) is 4.28. The molecule has 0 N–H and O–H groups in total. The highest BCUT2D eigenvalue weighted by Gasteiger charge is 2.21. The first-order chi connectivity index (χ1) is 9.33. The number of benzene rings is 1. The van der Waals surface area contributed by atoms with Crippen molar-refractivity contribution in [2.75, 3.05) is 0 Å². The Morgan fingerprint density at radius 2 is 1.89 bits per heavy atom. The third kappa shape index (κ3) is 3.23. The Morgan fingerprint density at radius 3 is 2.84 bits per heavy atom. The minimum absolute atomic E-state index is 0.274. The molecule has 0 saturated heterocycles. The normalized spacial score (nSPS) is 27.3. The van der Waals surface area contributed by atoms with Crippen LogP contribution in [0.2, 0.25) is 0 Å². The van der Waals surface area contributed by atoms with Crippen molar-refractivity contribution in [1.29, 1.82) is 0 Å². The second kappa shape index (κ2) is 6.13. The van der Waals surface area contributed by atoms with Crippen molar-refractivity contribution >= 4 is 11.6 Å². The lowest BCUT2D eigenvalue weighted by Gasteiger charge is -2.26. The Morgan fingerprint density at radius 1 is 1.00 bits per heavy atom. The van der Waals surface area contributed by atoms with E-state index in [1.165, 1.54) is 44.9 Å². The van der Waals surface area contributed by atoms with Crippen molar-refractivity contribution in [2.24, 2.45) is 0 Å². The van der Waals surface area contributed by atoms with Crippen LogP contribution < -0.4 is 0 Å². The molecule has 2 aliphatic carbocycles. The van der Waals surface area contributed by atoms with Crippen LogP contribution in [0, 0.1) is 0 Å². The predicted molar refractivity (Wildman–Crippen MR) is 82.9 cm³/mol. The average molecular weight is 275 g/mol. The molecular formula is C18H23Cl. The molecule has 0 bridgehead atoms. The van der Waals surface area contributed by atoms with Gasteiger partial charge >= 0.3 is 0 Å². The number of alkyl halides is 1. The SMILES string of the molecule is ClC1C=C(CC2CCCc3ccccc32)CCCC1. The molecule has 3 rings (SSSR count). The monoisotopic (exact) mass is 274 g/mol. The van der Waals surface area contributed by atoms with Crippen LogP contribution in [0.3, 0.4) is 0 Å². The molecule has 0 saturated carbocycles. The number of allylic oxidation sites excluding steroid dienone is 2. The number of halogens is 1. The quantitative estimate of drug-likeness (QED) is 0.486. The summed E-state index contributed by atoms with van der Waals surface area (Å²) in [5.74, 6) is 0.734. The summed E-state index contributed by atoms with van der Waals surface area (Å²) in [6.45, 7) is 0. The largest absolute Gasteiger partial charge is 0.118 e. The molecule has 0 nitrogen and oxygen atoms in total. The minimum Gasteiger partial charge on any atom is -0.118 e. The lowest BCUT2D eigenvalue weighted by Crippen LogP contribution is -2.10. The van der Waals surface area contributed by atoms with Gasteiger partial charge in [0.15, 0.2) is 0 Å². The molecule has 1 aromatic rings. The molecule has 102 valence electrons. The van der Waals surface area contributed by atoms with Crippen LogP contribution in [0.5, 0.6) is 0 Å². The second-order valence-corrected chi connectivity index (χ2v) is 6.64. The summed E-state index contributed by atoms with van der Waals surface area (Å²) in [5, 5.41) is 0.274. The first kappa shape index (κ1) is 13.2. The van der Waals surface area contributed by atoms with Crippen molar-refractivity contribution in [1.82, 2.24) is 0 Å². The summed E-state index contributed by atoms with van der Waals surface area (Å²) >= 11 is 6.36. The van der Waals surface area contributed by atoms with E-state index in [4.69, 9.17) is 11.6 Å². The van der Waals surface area contributed by atoms with Crippen LogP contribution in [-0.2, 0) is 6.42 Å². The van der Waals surface area contributed by atoms with Gasteiger partial charge in [0.05, 0.1) is 5.38 Å². The maximum atomic E-state index is 6.36. The highest BCUT2D eigenvalue weighted by molar-refractivity contribution is 6.21. The van der Waals surface area contributed by atoms with E-state index in [1.54, 1.807) is 16.7 Å². The number of hydrogen-bond acceptors (Lipinski definition) is 0. The number of fused-ring (bicyclic) bond motifs is 1. The molecule has 0 aliphatic heterocycles. The molecule has 2 unspecified atom stereocenters. The molecule has 1 heteroatoms. The molecule has 0 spiro atoms. The Hall–Kier alpha value is -0.750. The van der Waals surface area contributed by atoms with Gasteiger partial charge in [-0.05, 0) is 62.0 Å². The summed E-state index contributed by atoms with van der Waals surface area (Å²) in [5.41, 5.74) is 4.79. The number of hydrogen-bond donors (Lipinski definition) is 0. The average Bonchev–Trinajstić information content (AvgIpc) is 2.63. The molecule has 0 fully saturated rings. The van der Waals surface area contributed by atoms with Crippen molar-refractivity contribution in [3.05, 3.63) is 47.0 Å². The van der Waals surface area contributed by atoms with Crippen LogP contribution in [0.25, 0.3) is 0 Å². The van der Waals surface area contributed by atoms with Gasteiger partial charge in [0.2, 0.25) is 0 Å². The highest BCUT2D eigenvalue weighted by Crippen LogP contribution is 2.37. The topological polar surface area (TPSA) is 0 Å². The lowest BCUT2D eigenvalue weighted by molar-refractivity contribution is 0.540. The maximum Gasteiger partial charge on any atom is 0.0518 e. The summed E-state index contributed by atoms with van der Waals surface area (Å²) in [7, 11) is 0. The Bertz CT molecular complexity index is 461. The maximum absolute atomic E-state index is 6.36. The summed E-state index contributed by atoms with van der Waals surface area (Å²) in [6, 6.07) is 9.03. The smallest absolute Gasteiger partial charge is 0.0518 e. The fourth-order valence-electron chi connectivity index (χ4n) is 3.67. The number of aryl methyl sites for hydroxylation is 1. The van der Waals surface area contributed by atoms with Crippen molar-refractivity contribution in [3.8, 4) is 0 Å². The van der Waals surface area contributed by atoms with E-state index in [-0.39, 0.29) is 5.38 Å². The van der Waals surface area contributed by atoms with Crippen LogP contribution in [0.1, 0.15) is 62.0 Å². The summed E-state index contributed by atoms with van der Waals surface area (Å²) in [6.07, 6.45) is 12.6. The van der Waals surface area contributed by atoms with Gasteiger partial charge in [0.1, 0.15) is 0 Å². The van der Waals surface area contributed by atoms with Crippen molar-refractivity contribution < 1.29 is 0 Å². The number of rotatable bonds is 2. The van der Waals surface area contributed by atoms with Gasteiger partial charge in [-0.3, -0.25) is 0 Å². The molecule has 0 heterocycles. The van der Waals surface area contributed by atoms with Gasteiger partial charge in [-0.15, -0.1) is 11.6 Å². The Labute approximate surface area is 121 Å². The molecule has 19 heavy (non-hydrogen) atoms. The molecule has 0 aromatic heterocycles. The summed E-state index contributed by atoms with van der Waals surface area (Å²) in [4.78, 5) is 0. The zero-order valence-electron chi connectivity index (χ0n) is 11.6. The van der Waals surface area contributed by atoms with Crippen LogP contribution in [0.15, 0.2) is 35.9 Å². The van der Waals surface area contributed by atoms with Crippen LogP contribution >= 0.6 is 11.6 Å².